The van der Waals surface area contributed by atoms with Gasteiger partial charge in [-0.05, 0) is 42.5 Å². The first-order valence-electron chi connectivity index (χ1n) is 7.25. The molecule has 0 aliphatic heterocycles. The van der Waals surface area contributed by atoms with Crippen molar-refractivity contribution in [3.8, 4) is 5.75 Å². The Morgan fingerprint density at radius 3 is 2.27 bits per heavy atom. The molecule has 2 aromatic rings. The minimum atomic E-state index is -4.57. The standard InChI is InChI=1S/C16H15ClF3NO4S/c1-24-8-9-25-12-3-5-13(6-4-12)26(22,23)21-15-7-2-11(10-14(15)17)16(18,19)20/h2-7,10,21H,8-9H2,1H3. The molecule has 0 radical (unpaired) electrons. The van der Waals surface area contributed by atoms with Crippen LogP contribution in [-0.4, -0.2) is 28.7 Å². The van der Waals surface area contributed by atoms with Gasteiger partial charge in [0.25, 0.3) is 10.0 Å². The van der Waals surface area contributed by atoms with E-state index in [0.717, 1.165) is 12.1 Å². The lowest BCUT2D eigenvalue weighted by Gasteiger charge is -2.13. The lowest BCUT2D eigenvalue weighted by Crippen LogP contribution is -2.14. The number of methoxy groups -OCH3 is 1. The van der Waals surface area contributed by atoms with Crippen molar-refractivity contribution >= 4 is 27.3 Å². The number of anilines is 1. The van der Waals surface area contributed by atoms with Crippen molar-refractivity contribution in [2.75, 3.05) is 25.0 Å². The molecular formula is C16H15ClF3NO4S. The zero-order valence-corrected chi connectivity index (χ0v) is 15.1. The average Bonchev–Trinajstić information content (AvgIpc) is 2.56. The third-order valence-corrected chi connectivity index (χ3v) is 4.93. The topological polar surface area (TPSA) is 64.6 Å². The molecule has 0 atom stereocenters. The lowest BCUT2D eigenvalue weighted by molar-refractivity contribution is -0.137. The molecule has 0 aliphatic rings. The summed E-state index contributed by atoms with van der Waals surface area (Å²) in [5, 5.41) is -0.358. The number of hydrogen-bond acceptors (Lipinski definition) is 4. The van der Waals surface area contributed by atoms with E-state index >= 15 is 0 Å². The van der Waals surface area contributed by atoms with E-state index in [4.69, 9.17) is 21.1 Å². The Morgan fingerprint density at radius 2 is 1.73 bits per heavy atom. The lowest BCUT2D eigenvalue weighted by atomic mass is 10.2. The summed E-state index contributed by atoms with van der Waals surface area (Å²) < 4.78 is 74.9. The first kappa shape index (κ1) is 20.3. The molecular weight excluding hydrogens is 395 g/mol. The van der Waals surface area contributed by atoms with Crippen LogP contribution in [0.1, 0.15) is 5.56 Å². The van der Waals surface area contributed by atoms with Crippen molar-refractivity contribution in [1.29, 1.82) is 0 Å². The summed E-state index contributed by atoms with van der Waals surface area (Å²) in [6.45, 7) is 0.691. The highest BCUT2D eigenvalue weighted by Gasteiger charge is 2.31. The van der Waals surface area contributed by atoms with Crippen LogP contribution in [0.25, 0.3) is 0 Å². The van der Waals surface area contributed by atoms with Crippen LogP contribution in [0.15, 0.2) is 47.4 Å². The SMILES string of the molecule is COCCOc1ccc(S(=O)(=O)Nc2ccc(C(F)(F)F)cc2Cl)cc1. The fraction of sp³-hybridized carbons (Fsp3) is 0.250. The van der Waals surface area contributed by atoms with Crippen LogP contribution in [0.3, 0.4) is 0 Å². The second kappa shape index (κ2) is 8.15. The van der Waals surface area contributed by atoms with Gasteiger partial charge in [0.1, 0.15) is 12.4 Å². The van der Waals surface area contributed by atoms with Gasteiger partial charge in [-0.1, -0.05) is 11.6 Å². The van der Waals surface area contributed by atoms with E-state index in [2.05, 4.69) is 4.72 Å². The normalized spacial score (nSPS) is 12.0. The molecule has 26 heavy (non-hydrogen) atoms. The molecule has 1 N–H and O–H groups in total. The Hall–Kier alpha value is -1.97. The van der Waals surface area contributed by atoms with Gasteiger partial charge in [0.15, 0.2) is 0 Å². The van der Waals surface area contributed by atoms with Gasteiger partial charge >= 0.3 is 6.18 Å². The molecule has 0 saturated carbocycles. The molecule has 0 unspecified atom stereocenters. The van der Waals surface area contributed by atoms with Crippen LogP contribution >= 0.6 is 11.6 Å². The molecule has 2 rings (SSSR count). The Bertz CT molecular complexity index is 855. The van der Waals surface area contributed by atoms with E-state index < -0.39 is 21.8 Å². The van der Waals surface area contributed by atoms with Crippen molar-refractivity contribution < 1.29 is 31.1 Å². The van der Waals surface area contributed by atoms with Crippen LogP contribution in [0.5, 0.6) is 5.75 Å². The predicted octanol–water partition coefficient (Wildman–Crippen LogP) is 4.18. The maximum absolute atomic E-state index is 12.6. The van der Waals surface area contributed by atoms with Crippen LogP contribution in [-0.2, 0) is 20.9 Å². The third kappa shape index (κ3) is 5.26. The van der Waals surface area contributed by atoms with Crippen molar-refractivity contribution in [2.45, 2.75) is 11.1 Å². The fourth-order valence-corrected chi connectivity index (χ4v) is 3.30. The van der Waals surface area contributed by atoms with Gasteiger partial charge in [0.2, 0.25) is 0 Å². The second-order valence-electron chi connectivity index (χ2n) is 5.11. The maximum Gasteiger partial charge on any atom is 0.416 e. The molecule has 0 bridgehead atoms. The highest BCUT2D eigenvalue weighted by Crippen LogP contribution is 2.34. The van der Waals surface area contributed by atoms with E-state index in [1.807, 2.05) is 0 Å². The maximum atomic E-state index is 12.6. The highest BCUT2D eigenvalue weighted by molar-refractivity contribution is 7.92. The Morgan fingerprint density at radius 1 is 1.08 bits per heavy atom. The molecule has 0 aliphatic carbocycles. The first-order chi connectivity index (χ1) is 12.1. The predicted molar refractivity (Wildman–Crippen MR) is 91.1 cm³/mol. The number of nitrogens with one attached hydrogen (secondary N) is 1. The minimum absolute atomic E-state index is 0.0902. The number of benzene rings is 2. The zero-order chi connectivity index (χ0) is 19.4. The van der Waals surface area contributed by atoms with E-state index in [1.54, 1.807) is 0 Å². The summed E-state index contributed by atoms with van der Waals surface area (Å²) in [5.41, 5.74) is -1.12. The van der Waals surface area contributed by atoms with E-state index in [1.165, 1.54) is 31.4 Å². The van der Waals surface area contributed by atoms with Gasteiger partial charge in [0, 0.05) is 7.11 Å². The molecule has 10 heteroatoms. The molecule has 2 aromatic carbocycles. The molecule has 5 nitrogen and oxygen atoms in total. The van der Waals surface area contributed by atoms with Crippen LogP contribution in [0.4, 0.5) is 18.9 Å². The minimum Gasteiger partial charge on any atom is -0.491 e. The largest absolute Gasteiger partial charge is 0.491 e. The van der Waals surface area contributed by atoms with Crippen molar-refractivity contribution in [3.05, 3.63) is 53.1 Å². The molecule has 142 valence electrons. The fourth-order valence-electron chi connectivity index (χ4n) is 1.94. The van der Waals surface area contributed by atoms with Crippen LogP contribution in [0.2, 0.25) is 5.02 Å². The first-order valence-corrected chi connectivity index (χ1v) is 9.11. The summed E-state index contributed by atoms with van der Waals surface area (Å²) >= 11 is 5.77. The Kier molecular flexibility index (Phi) is 6.38. The Balaban J connectivity index is 2.16. The Labute approximate surface area is 153 Å². The number of sulfonamides is 1. The number of hydrogen-bond donors (Lipinski definition) is 1. The van der Waals surface area contributed by atoms with Crippen LogP contribution < -0.4 is 9.46 Å². The second-order valence-corrected chi connectivity index (χ2v) is 7.20. The molecule has 0 saturated heterocycles. The van der Waals surface area contributed by atoms with Crippen molar-refractivity contribution in [2.24, 2.45) is 0 Å². The highest BCUT2D eigenvalue weighted by atomic mass is 35.5. The quantitative estimate of drug-likeness (QED) is 0.696. The van der Waals surface area contributed by atoms with Gasteiger partial charge in [-0.3, -0.25) is 4.72 Å². The number of ether oxygens (including phenoxy) is 2. The van der Waals surface area contributed by atoms with Crippen LogP contribution in [0, 0.1) is 0 Å². The number of alkyl halides is 3. The zero-order valence-electron chi connectivity index (χ0n) is 13.5. The van der Waals surface area contributed by atoms with E-state index in [9.17, 15) is 21.6 Å². The van der Waals surface area contributed by atoms with Gasteiger partial charge < -0.3 is 9.47 Å². The van der Waals surface area contributed by atoms with Gasteiger partial charge in [0.05, 0.1) is 27.8 Å². The summed E-state index contributed by atoms with van der Waals surface area (Å²) in [6.07, 6.45) is -4.57. The third-order valence-electron chi connectivity index (χ3n) is 3.23. The van der Waals surface area contributed by atoms with Crippen molar-refractivity contribution in [3.63, 3.8) is 0 Å². The summed E-state index contributed by atoms with van der Waals surface area (Å²) in [7, 11) is -2.50. The average molecular weight is 410 g/mol. The summed E-state index contributed by atoms with van der Waals surface area (Å²) in [5.74, 6) is 0.452. The van der Waals surface area contributed by atoms with Gasteiger partial charge in [-0.25, -0.2) is 8.42 Å². The monoisotopic (exact) mass is 409 g/mol. The molecule has 0 aromatic heterocycles. The van der Waals surface area contributed by atoms with Gasteiger partial charge in [-0.2, -0.15) is 13.2 Å². The molecule has 0 fully saturated rings. The number of rotatable bonds is 7. The molecule has 0 spiro atoms. The van der Waals surface area contributed by atoms with Gasteiger partial charge in [-0.15, -0.1) is 0 Å². The number of halogens is 4. The smallest absolute Gasteiger partial charge is 0.416 e. The van der Waals surface area contributed by atoms with E-state index in [0.29, 0.717) is 25.0 Å². The van der Waals surface area contributed by atoms with Crippen molar-refractivity contribution in [1.82, 2.24) is 0 Å². The molecule has 0 amide bonds. The van der Waals surface area contributed by atoms with E-state index in [-0.39, 0.29) is 15.6 Å². The molecule has 0 heterocycles. The summed E-state index contributed by atoms with van der Waals surface area (Å²) in [6, 6.07) is 7.90. The summed E-state index contributed by atoms with van der Waals surface area (Å²) in [4.78, 5) is -0.0902.